The number of hydrogen-bond acceptors (Lipinski definition) is 2. The van der Waals surface area contributed by atoms with E-state index in [9.17, 15) is 0 Å². The SMILES string of the molecule is Cc1c(C)n2c3c(cccc13)B1c3ccccc3N(C)c3cc(N(c4ccccc4)c4ccccc4)cc-2c31. The van der Waals surface area contributed by atoms with Gasteiger partial charge in [-0.15, -0.1) is 0 Å². The Morgan fingerprint density at radius 1 is 0.590 bits per heavy atom. The molecule has 4 heteroatoms. The highest BCUT2D eigenvalue weighted by molar-refractivity contribution is 7.00. The highest BCUT2D eigenvalue weighted by Crippen LogP contribution is 2.42. The molecule has 8 rings (SSSR count). The molecule has 186 valence electrons. The second kappa shape index (κ2) is 8.15. The summed E-state index contributed by atoms with van der Waals surface area (Å²) in [6.45, 7) is 4.73. The molecule has 0 unspecified atom stereocenters. The highest BCUT2D eigenvalue weighted by Gasteiger charge is 2.41. The van der Waals surface area contributed by atoms with E-state index in [-0.39, 0.29) is 6.71 Å². The molecule has 3 nitrogen and oxygen atoms in total. The molecule has 0 fully saturated rings. The zero-order valence-electron chi connectivity index (χ0n) is 22.4. The van der Waals surface area contributed by atoms with Crippen LogP contribution in [0.2, 0.25) is 0 Å². The third-order valence-corrected chi connectivity index (χ3v) is 8.79. The molecule has 0 saturated heterocycles. The maximum atomic E-state index is 2.52. The normalized spacial score (nSPS) is 12.9. The summed E-state index contributed by atoms with van der Waals surface area (Å²) in [6, 6.07) is 42.0. The first-order valence-electron chi connectivity index (χ1n) is 13.6. The fourth-order valence-electron chi connectivity index (χ4n) is 6.92. The van der Waals surface area contributed by atoms with Crippen LogP contribution in [0.5, 0.6) is 0 Å². The van der Waals surface area contributed by atoms with Gasteiger partial charge in [0.25, 0.3) is 6.71 Å². The van der Waals surface area contributed by atoms with Crippen molar-refractivity contribution in [1.82, 2.24) is 4.57 Å². The summed E-state index contributed by atoms with van der Waals surface area (Å²) in [5.74, 6) is 0. The van der Waals surface area contributed by atoms with E-state index in [4.69, 9.17) is 0 Å². The molecule has 1 aromatic heterocycles. The largest absolute Gasteiger partial charge is 0.345 e. The molecule has 0 bridgehead atoms. The van der Waals surface area contributed by atoms with Crippen molar-refractivity contribution in [3.63, 3.8) is 0 Å². The van der Waals surface area contributed by atoms with Gasteiger partial charge in [0.15, 0.2) is 0 Å². The first-order chi connectivity index (χ1) is 19.1. The van der Waals surface area contributed by atoms with Gasteiger partial charge in [-0.3, -0.25) is 0 Å². The van der Waals surface area contributed by atoms with E-state index in [1.165, 1.54) is 55.6 Å². The smallest absolute Gasteiger partial charge is 0.252 e. The molecule has 0 saturated carbocycles. The summed E-state index contributed by atoms with van der Waals surface area (Å²) in [5.41, 5.74) is 15.4. The average molecular weight is 501 g/mol. The minimum Gasteiger partial charge on any atom is -0.345 e. The lowest BCUT2D eigenvalue weighted by Crippen LogP contribution is -2.60. The molecule has 0 amide bonds. The van der Waals surface area contributed by atoms with Crippen LogP contribution in [0.1, 0.15) is 11.3 Å². The standard InChI is InChI=1S/C35H28BN3/c1-23-24(2)38-33-22-27(39(25-13-6-4-7-14-25)26-15-8-5-9-16-26)21-32-34(33)36(30-19-12-17-28(23)35(30)38)29-18-10-11-20-31(29)37(32)3/h4-22H,1-3H3. The maximum Gasteiger partial charge on any atom is 0.252 e. The van der Waals surface area contributed by atoms with Gasteiger partial charge in [-0.2, -0.15) is 0 Å². The van der Waals surface area contributed by atoms with Crippen LogP contribution in [0.25, 0.3) is 16.6 Å². The first kappa shape index (κ1) is 22.3. The minimum atomic E-state index is 0.197. The number of nitrogens with zero attached hydrogens (tertiary/aromatic N) is 3. The predicted molar refractivity (Wildman–Crippen MR) is 167 cm³/mol. The van der Waals surface area contributed by atoms with Crippen LogP contribution in [0.3, 0.4) is 0 Å². The molecule has 0 radical (unpaired) electrons. The third kappa shape index (κ3) is 3.00. The number of hydrogen-bond donors (Lipinski definition) is 0. The van der Waals surface area contributed by atoms with Gasteiger partial charge >= 0.3 is 0 Å². The van der Waals surface area contributed by atoms with E-state index in [1.54, 1.807) is 0 Å². The lowest BCUT2D eigenvalue weighted by atomic mass is 9.34. The minimum absolute atomic E-state index is 0.197. The summed E-state index contributed by atoms with van der Waals surface area (Å²) in [7, 11) is 2.22. The molecule has 39 heavy (non-hydrogen) atoms. The quantitative estimate of drug-likeness (QED) is 0.252. The van der Waals surface area contributed by atoms with Gasteiger partial charge < -0.3 is 14.4 Å². The Bertz CT molecular complexity index is 1870. The number of para-hydroxylation sites is 4. The van der Waals surface area contributed by atoms with Gasteiger partial charge in [0, 0.05) is 52.1 Å². The van der Waals surface area contributed by atoms with Gasteiger partial charge in [0.2, 0.25) is 0 Å². The first-order valence-corrected chi connectivity index (χ1v) is 13.6. The van der Waals surface area contributed by atoms with Crippen molar-refractivity contribution >= 4 is 62.4 Å². The topological polar surface area (TPSA) is 11.4 Å². The maximum absolute atomic E-state index is 2.52. The molecule has 3 heterocycles. The summed E-state index contributed by atoms with van der Waals surface area (Å²) >= 11 is 0. The van der Waals surface area contributed by atoms with Crippen molar-refractivity contribution in [2.75, 3.05) is 16.8 Å². The molecule has 2 aliphatic heterocycles. The number of aromatic nitrogens is 1. The lowest BCUT2D eigenvalue weighted by molar-refractivity contribution is 1.04. The summed E-state index contributed by atoms with van der Waals surface area (Å²) in [5, 5.41) is 1.35. The van der Waals surface area contributed by atoms with Crippen molar-refractivity contribution < 1.29 is 0 Å². The zero-order valence-corrected chi connectivity index (χ0v) is 22.4. The monoisotopic (exact) mass is 501 g/mol. The van der Waals surface area contributed by atoms with Crippen molar-refractivity contribution in [2.24, 2.45) is 0 Å². The van der Waals surface area contributed by atoms with E-state index in [0.717, 1.165) is 17.1 Å². The van der Waals surface area contributed by atoms with E-state index < -0.39 is 0 Å². The second-order valence-electron chi connectivity index (χ2n) is 10.7. The Hall–Kier alpha value is -4.70. The van der Waals surface area contributed by atoms with Gasteiger partial charge in [-0.1, -0.05) is 72.8 Å². The van der Waals surface area contributed by atoms with Crippen LogP contribution < -0.4 is 26.2 Å². The van der Waals surface area contributed by atoms with Crippen molar-refractivity contribution in [1.29, 1.82) is 0 Å². The Morgan fingerprint density at radius 2 is 1.21 bits per heavy atom. The average Bonchev–Trinajstić information content (AvgIpc) is 3.24. The summed E-state index contributed by atoms with van der Waals surface area (Å²) in [4.78, 5) is 4.77. The Labute approximate surface area is 229 Å². The van der Waals surface area contributed by atoms with Crippen molar-refractivity contribution in [2.45, 2.75) is 13.8 Å². The van der Waals surface area contributed by atoms with Gasteiger partial charge in [-0.05, 0) is 78.3 Å². The number of anilines is 5. The Kier molecular flexibility index (Phi) is 4.66. The molecule has 0 atom stereocenters. The molecular weight excluding hydrogens is 473 g/mol. The predicted octanol–water partition coefficient (Wildman–Crippen LogP) is 6.63. The molecular formula is C35H28BN3. The van der Waals surface area contributed by atoms with E-state index >= 15 is 0 Å². The molecule has 5 aromatic carbocycles. The molecule has 6 aromatic rings. The van der Waals surface area contributed by atoms with Crippen LogP contribution in [0, 0.1) is 13.8 Å². The van der Waals surface area contributed by atoms with E-state index in [2.05, 4.69) is 151 Å². The van der Waals surface area contributed by atoms with Crippen LogP contribution >= 0.6 is 0 Å². The summed E-state index contributed by atoms with van der Waals surface area (Å²) < 4.78 is 2.52. The zero-order chi connectivity index (χ0) is 26.2. The third-order valence-electron chi connectivity index (χ3n) is 8.79. The summed E-state index contributed by atoms with van der Waals surface area (Å²) in [6.07, 6.45) is 0. The molecule has 0 N–H and O–H groups in total. The van der Waals surface area contributed by atoms with Crippen molar-refractivity contribution in [3.8, 4) is 5.69 Å². The fourth-order valence-corrected chi connectivity index (χ4v) is 6.92. The Morgan fingerprint density at radius 3 is 1.92 bits per heavy atom. The second-order valence-corrected chi connectivity index (χ2v) is 10.7. The van der Waals surface area contributed by atoms with E-state index in [1.807, 2.05) is 0 Å². The molecule has 0 aliphatic carbocycles. The number of aryl methyl sites for hydroxylation is 1. The van der Waals surface area contributed by atoms with Gasteiger partial charge in [-0.25, -0.2) is 0 Å². The number of rotatable bonds is 3. The number of benzene rings is 5. The van der Waals surface area contributed by atoms with Gasteiger partial charge in [0.1, 0.15) is 0 Å². The highest BCUT2D eigenvalue weighted by atomic mass is 15.2. The van der Waals surface area contributed by atoms with Crippen LogP contribution in [0.15, 0.2) is 115 Å². The van der Waals surface area contributed by atoms with Gasteiger partial charge in [0.05, 0.1) is 5.69 Å². The number of fused-ring (bicyclic) bond motifs is 4. The Balaban J connectivity index is 1.50. The van der Waals surface area contributed by atoms with Crippen molar-refractivity contribution in [3.05, 3.63) is 127 Å². The fraction of sp³-hybridized carbons (Fsp3) is 0.0857. The van der Waals surface area contributed by atoms with Crippen LogP contribution in [0.4, 0.5) is 28.4 Å². The van der Waals surface area contributed by atoms with Crippen LogP contribution in [-0.2, 0) is 0 Å². The molecule has 0 spiro atoms. The molecule has 2 aliphatic rings. The lowest BCUT2D eigenvalue weighted by Gasteiger charge is -2.40. The van der Waals surface area contributed by atoms with E-state index in [0.29, 0.717) is 0 Å². The van der Waals surface area contributed by atoms with Crippen LogP contribution in [-0.4, -0.2) is 18.3 Å².